The highest BCUT2D eigenvalue weighted by molar-refractivity contribution is 6.03. The van der Waals surface area contributed by atoms with E-state index in [0.29, 0.717) is 16.8 Å². The van der Waals surface area contributed by atoms with Crippen LogP contribution >= 0.6 is 0 Å². The summed E-state index contributed by atoms with van der Waals surface area (Å²) in [6, 6.07) is 4.16. The molecular weight excluding hydrogens is 238 g/mol. The molecule has 0 unspecified atom stereocenters. The average molecular weight is 250 g/mol. The van der Waals surface area contributed by atoms with Crippen molar-refractivity contribution in [2.24, 2.45) is 0 Å². The van der Waals surface area contributed by atoms with Gasteiger partial charge in [-0.15, -0.1) is 0 Å². The normalized spacial score (nSPS) is 10.4. The highest BCUT2D eigenvalue weighted by Crippen LogP contribution is 2.16. The summed E-state index contributed by atoms with van der Waals surface area (Å²) < 4.78 is 26.6. The lowest BCUT2D eigenvalue weighted by Gasteiger charge is -2.05. The third-order valence-electron chi connectivity index (χ3n) is 2.64. The summed E-state index contributed by atoms with van der Waals surface area (Å²) in [5.41, 5.74) is 1.08. The van der Waals surface area contributed by atoms with Crippen molar-refractivity contribution in [2.45, 2.75) is 13.8 Å². The van der Waals surface area contributed by atoms with E-state index in [-0.39, 0.29) is 11.5 Å². The Kier molecular flexibility index (Phi) is 3.14. The molecule has 1 heterocycles. The molecule has 0 saturated carbocycles. The van der Waals surface area contributed by atoms with Gasteiger partial charge in [-0.3, -0.25) is 4.79 Å². The maximum absolute atomic E-state index is 13.5. The van der Waals surface area contributed by atoms with E-state index in [1.807, 2.05) is 0 Å². The number of hydrogen-bond donors (Lipinski definition) is 2. The minimum absolute atomic E-state index is 0.130. The van der Waals surface area contributed by atoms with Gasteiger partial charge in [0.15, 0.2) is 5.82 Å². The van der Waals surface area contributed by atoms with Crippen LogP contribution < -0.4 is 5.32 Å². The van der Waals surface area contributed by atoms with Crippen LogP contribution in [-0.4, -0.2) is 10.9 Å². The number of aromatic nitrogens is 1. The van der Waals surface area contributed by atoms with Crippen molar-refractivity contribution >= 4 is 11.6 Å². The number of amides is 1. The molecule has 0 aliphatic carbocycles. The number of rotatable bonds is 2. The van der Waals surface area contributed by atoms with Gasteiger partial charge in [-0.05, 0) is 37.6 Å². The molecule has 2 rings (SSSR count). The topological polar surface area (TPSA) is 44.9 Å². The Morgan fingerprint density at radius 3 is 2.50 bits per heavy atom. The zero-order valence-corrected chi connectivity index (χ0v) is 9.97. The number of benzene rings is 1. The SMILES string of the molecule is Cc1cc(NC(=O)c2[nH]cc(C)c2F)ccc1F. The van der Waals surface area contributed by atoms with Crippen LogP contribution in [0, 0.1) is 25.5 Å². The maximum atomic E-state index is 13.5. The van der Waals surface area contributed by atoms with Crippen LogP contribution in [0.5, 0.6) is 0 Å². The standard InChI is InChI=1S/C13H12F2N2O/c1-7-5-9(3-4-10(7)14)17-13(18)12-11(15)8(2)6-16-12/h3-6,16H,1-2H3,(H,17,18). The number of carbonyl (C=O) groups excluding carboxylic acids is 1. The first-order valence-electron chi connectivity index (χ1n) is 5.40. The first kappa shape index (κ1) is 12.3. The zero-order valence-electron chi connectivity index (χ0n) is 9.97. The van der Waals surface area contributed by atoms with Gasteiger partial charge in [0.25, 0.3) is 5.91 Å². The third kappa shape index (κ3) is 2.25. The number of H-pyrrole nitrogens is 1. The highest BCUT2D eigenvalue weighted by atomic mass is 19.1. The van der Waals surface area contributed by atoms with Gasteiger partial charge in [0.05, 0.1) is 0 Å². The molecule has 1 aromatic heterocycles. The highest BCUT2D eigenvalue weighted by Gasteiger charge is 2.15. The van der Waals surface area contributed by atoms with Gasteiger partial charge < -0.3 is 10.3 Å². The maximum Gasteiger partial charge on any atom is 0.275 e. The number of aromatic amines is 1. The Hall–Kier alpha value is -2.17. The summed E-state index contributed by atoms with van der Waals surface area (Å²) in [6.07, 6.45) is 1.42. The van der Waals surface area contributed by atoms with Gasteiger partial charge in [0.1, 0.15) is 11.5 Å². The first-order valence-corrected chi connectivity index (χ1v) is 5.40. The van der Waals surface area contributed by atoms with E-state index in [1.165, 1.54) is 24.4 Å². The van der Waals surface area contributed by atoms with Gasteiger partial charge in [0, 0.05) is 17.4 Å². The first-order chi connectivity index (χ1) is 8.49. The average Bonchev–Trinajstić information content (AvgIpc) is 2.65. The molecule has 0 radical (unpaired) electrons. The Balaban J connectivity index is 2.21. The van der Waals surface area contributed by atoms with Crippen molar-refractivity contribution in [3.8, 4) is 0 Å². The van der Waals surface area contributed by atoms with Crippen LogP contribution in [0.1, 0.15) is 21.6 Å². The fourth-order valence-electron chi connectivity index (χ4n) is 1.59. The van der Waals surface area contributed by atoms with E-state index in [4.69, 9.17) is 0 Å². The van der Waals surface area contributed by atoms with Crippen LogP contribution in [0.4, 0.5) is 14.5 Å². The molecule has 94 valence electrons. The smallest absolute Gasteiger partial charge is 0.275 e. The lowest BCUT2D eigenvalue weighted by molar-refractivity contribution is 0.101. The van der Waals surface area contributed by atoms with Crippen molar-refractivity contribution in [1.82, 2.24) is 4.98 Å². The number of aryl methyl sites for hydroxylation is 2. The fraction of sp³-hybridized carbons (Fsp3) is 0.154. The number of anilines is 1. The second-order valence-electron chi connectivity index (χ2n) is 4.08. The summed E-state index contributed by atoms with van der Waals surface area (Å²) >= 11 is 0. The molecule has 0 saturated heterocycles. The molecule has 0 bridgehead atoms. The van der Waals surface area contributed by atoms with E-state index in [9.17, 15) is 13.6 Å². The monoisotopic (exact) mass is 250 g/mol. The molecule has 2 N–H and O–H groups in total. The fourth-order valence-corrected chi connectivity index (χ4v) is 1.59. The molecule has 2 aromatic rings. The number of hydrogen-bond acceptors (Lipinski definition) is 1. The lowest BCUT2D eigenvalue weighted by Crippen LogP contribution is -2.14. The molecule has 0 spiro atoms. The molecular formula is C13H12F2N2O. The van der Waals surface area contributed by atoms with E-state index in [2.05, 4.69) is 10.3 Å². The van der Waals surface area contributed by atoms with Crippen molar-refractivity contribution in [2.75, 3.05) is 5.32 Å². The minimum atomic E-state index is -0.591. The predicted octanol–water partition coefficient (Wildman–Crippen LogP) is 3.16. The zero-order chi connectivity index (χ0) is 13.3. The molecule has 0 fully saturated rings. The third-order valence-corrected chi connectivity index (χ3v) is 2.64. The summed E-state index contributed by atoms with van der Waals surface area (Å²) in [6.45, 7) is 3.15. The second kappa shape index (κ2) is 4.60. The van der Waals surface area contributed by atoms with Crippen LogP contribution in [0.2, 0.25) is 0 Å². The van der Waals surface area contributed by atoms with E-state index in [0.717, 1.165) is 0 Å². The van der Waals surface area contributed by atoms with Gasteiger partial charge in [-0.1, -0.05) is 0 Å². The number of halogens is 2. The van der Waals surface area contributed by atoms with Gasteiger partial charge in [-0.25, -0.2) is 8.78 Å². The molecule has 0 aliphatic heterocycles. The van der Waals surface area contributed by atoms with Crippen molar-refractivity contribution in [3.63, 3.8) is 0 Å². The van der Waals surface area contributed by atoms with Crippen LogP contribution in [0.15, 0.2) is 24.4 Å². The minimum Gasteiger partial charge on any atom is -0.354 e. The Morgan fingerprint density at radius 1 is 1.22 bits per heavy atom. The van der Waals surface area contributed by atoms with Crippen molar-refractivity contribution in [3.05, 3.63) is 52.9 Å². The van der Waals surface area contributed by atoms with E-state index >= 15 is 0 Å². The summed E-state index contributed by atoms with van der Waals surface area (Å²) in [4.78, 5) is 14.3. The van der Waals surface area contributed by atoms with Crippen LogP contribution in [-0.2, 0) is 0 Å². The molecule has 5 heteroatoms. The van der Waals surface area contributed by atoms with Crippen LogP contribution in [0.25, 0.3) is 0 Å². The predicted molar refractivity (Wildman–Crippen MR) is 64.6 cm³/mol. The lowest BCUT2D eigenvalue weighted by atomic mass is 10.2. The van der Waals surface area contributed by atoms with Crippen molar-refractivity contribution in [1.29, 1.82) is 0 Å². The van der Waals surface area contributed by atoms with Gasteiger partial charge in [-0.2, -0.15) is 0 Å². The number of nitrogens with one attached hydrogen (secondary N) is 2. The molecule has 1 aromatic carbocycles. The number of carbonyl (C=O) groups is 1. The Labute approximate surface area is 103 Å². The quantitative estimate of drug-likeness (QED) is 0.844. The van der Waals surface area contributed by atoms with E-state index in [1.54, 1.807) is 13.8 Å². The molecule has 18 heavy (non-hydrogen) atoms. The Morgan fingerprint density at radius 2 is 1.94 bits per heavy atom. The van der Waals surface area contributed by atoms with E-state index < -0.39 is 11.7 Å². The largest absolute Gasteiger partial charge is 0.354 e. The molecule has 3 nitrogen and oxygen atoms in total. The molecule has 1 amide bonds. The summed E-state index contributed by atoms with van der Waals surface area (Å²) in [7, 11) is 0. The van der Waals surface area contributed by atoms with Gasteiger partial charge >= 0.3 is 0 Å². The second-order valence-corrected chi connectivity index (χ2v) is 4.08. The van der Waals surface area contributed by atoms with Crippen LogP contribution in [0.3, 0.4) is 0 Å². The van der Waals surface area contributed by atoms with Crippen molar-refractivity contribution < 1.29 is 13.6 Å². The summed E-state index contributed by atoms with van der Waals surface area (Å²) in [5.74, 6) is -1.52. The molecule has 0 atom stereocenters. The summed E-state index contributed by atoms with van der Waals surface area (Å²) in [5, 5.41) is 2.50. The van der Waals surface area contributed by atoms with Gasteiger partial charge in [0.2, 0.25) is 0 Å². The Bertz CT molecular complexity index is 605. The molecule has 0 aliphatic rings.